The summed E-state index contributed by atoms with van der Waals surface area (Å²) in [7, 11) is 1.96. The first-order chi connectivity index (χ1) is 9.99. The van der Waals surface area contributed by atoms with Gasteiger partial charge in [0.1, 0.15) is 5.75 Å². The monoisotopic (exact) mass is 300 g/mol. The van der Waals surface area contributed by atoms with E-state index in [0.717, 1.165) is 11.1 Å². The second kappa shape index (κ2) is 6.70. The van der Waals surface area contributed by atoms with Crippen molar-refractivity contribution in [3.63, 3.8) is 0 Å². The summed E-state index contributed by atoms with van der Waals surface area (Å²) >= 11 is 5.22. The van der Waals surface area contributed by atoms with E-state index in [1.165, 1.54) is 5.56 Å². The minimum atomic E-state index is -0.292. The smallest absolute Gasteiger partial charge is 0.120 e. The number of hydrogen-bond donors (Lipinski definition) is 2. The fourth-order valence-corrected chi connectivity index (χ4v) is 2.77. The molecule has 0 bridgehead atoms. The molecule has 0 fully saturated rings. The van der Waals surface area contributed by atoms with E-state index < -0.39 is 0 Å². The number of hydrogen-bond acceptors (Lipinski definition) is 3. The summed E-state index contributed by atoms with van der Waals surface area (Å²) in [4.78, 5) is 2.40. The summed E-state index contributed by atoms with van der Waals surface area (Å²) in [6.45, 7) is 2.69. The lowest BCUT2D eigenvalue weighted by Gasteiger charge is -2.28. The summed E-state index contributed by atoms with van der Waals surface area (Å²) in [6.07, 6.45) is 0. The highest BCUT2D eigenvalue weighted by atomic mass is 32.1. The molecule has 0 aromatic heterocycles. The van der Waals surface area contributed by atoms with Gasteiger partial charge in [0.25, 0.3) is 0 Å². The number of aryl methyl sites for hydroxylation is 1. The third-order valence-electron chi connectivity index (χ3n) is 3.46. The maximum Gasteiger partial charge on any atom is 0.120 e. The lowest BCUT2D eigenvalue weighted by Crippen LogP contribution is -2.34. The third-order valence-corrected chi connectivity index (χ3v) is 3.69. The van der Waals surface area contributed by atoms with Gasteiger partial charge < -0.3 is 10.8 Å². The fourth-order valence-electron chi connectivity index (χ4n) is 2.46. The molecule has 3 nitrogen and oxygen atoms in total. The molecular formula is C17H20N2OS. The van der Waals surface area contributed by atoms with Crippen molar-refractivity contribution < 1.29 is 5.11 Å². The predicted molar refractivity (Wildman–Crippen MR) is 90.3 cm³/mol. The maximum absolute atomic E-state index is 10.1. The van der Waals surface area contributed by atoms with Crippen LogP contribution >= 0.6 is 12.2 Å². The third kappa shape index (κ3) is 3.80. The van der Waals surface area contributed by atoms with Gasteiger partial charge in [-0.25, -0.2) is 0 Å². The lowest BCUT2D eigenvalue weighted by atomic mass is 10.0. The lowest BCUT2D eigenvalue weighted by molar-refractivity contribution is 0.287. The Balaban J connectivity index is 2.30. The Morgan fingerprint density at radius 1 is 1.24 bits per heavy atom. The molecule has 0 spiro atoms. The van der Waals surface area contributed by atoms with Gasteiger partial charge in [0.2, 0.25) is 0 Å². The zero-order chi connectivity index (χ0) is 15.4. The normalized spacial score (nSPS) is 12.3. The second-order valence-electron chi connectivity index (χ2n) is 5.27. The van der Waals surface area contributed by atoms with Crippen LogP contribution in [0.3, 0.4) is 0 Å². The molecule has 3 N–H and O–H groups in total. The van der Waals surface area contributed by atoms with Crippen molar-refractivity contribution in [2.75, 3.05) is 7.05 Å². The summed E-state index contributed by atoms with van der Waals surface area (Å²) < 4.78 is 0. The largest absolute Gasteiger partial charge is 0.508 e. The molecule has 110 valence electrons. The molecule has 0 aliphatic heterocycles. The van der Waals surface area contributed by atoms with Crippen LogP contribution in [0.15, 0.2) is 48.5 Å². The molecule has 0 saturated heterocycles. The van der Waals surface area contributed by atoms with E-state index in [1.807, 2.05) is 49.2 Å². The van der Waals surface area contributed by atoms with Gasteiger partial charge in [-0.15, -0.1) is 0 Å². The van der Waals surface area contributed by atoms with Crippen molar-refractivity contribution in [2.45, 2.75) is 19.5 Å². The summed E-state index contributed by atoms with van der Waals surface area (Å²) in [5.41, 5.74) is 8.91. The molecular weight excluding hydrogens is 280 g/mol. The summed E-state index contributed by atoms with van der Waals surface area (Å²) in [5, 5.41) is 10.1. The molecule has 21 heavy (non-hydrogen) atoms. The van der Waals surface area contributed by atoms with Crippen LogP contribution in [0.25, 0.3) is 0 Å². The van der Waals surface area contributed by atoms with Gasteiger partial charge in [-0.1, -0.05) is 60.2 Å². The topological polar surface area (TPSA) is 49.5 Å². The van der Waals surface area contributed by atoms with E-state index in [4.69, 9.17) is 18.0 Å². The predicted octanol–water partition coefficient (Wildman–Crippen LogP) is 3.16. The maximum atomic E-state index is 10.1. The number of phenolic OH excluding ortho intramolecular Hbond substituents is 1. The van der Waals surface area contributed by atoms with Crippen molar-refractivity contribution in [2.24, 2.45) is 5.73 Å². The van der Waals surface area contributed by atoms with Crippen LogP contribution in [0.1, 0.15) is 22.7 Å². The van der Waals surface area contributed by atoms with Crippen LogP contribution in [-0.2, 0) is 6.54 Å². The molecule has 2 aromatic carbocycles. The first-order valence-corrected chi connectivity index (χ1v) is 7.23. The van der Waals surface area contributed by atoms with Crippen LogP contribution in [0, 0.1) is 6.92 Å². The minimum Gasteiger partial charge on any atom is -0.508 e. The summed E-state index contributed by atoms with van der Waals surface area (Å²) in [6, 6.07) is 15.3. The SMILES string of the molecule is Cc1ccc(O)c(C(C(N)=S)N(C)Cc2ccccc2)c1. The van der Waals surface area contributed by atoms with Gasteiger partial charge in [-0.05, 0) is 25.6 Å². The molecule has 1 atom stereocenters. The van der Waals surface area contributed by atoms with Crippen LogP contribution in [0.4, 0.5) is 0 Å². The minimum absolute atomic E-state index is 0.221. The Morgan fingerprint density at radius 2 is 1.90 bits per heavy atom. The number of rotatable bonds is 5. The average Bonchev–Trinajstić information content (AvgIpc) is 2.43. The van der Waals surface area contributed by atoms with Crippen molar-refractivity contribution >= 4 is 17.2 Å². The highest BCUT2D eigenvalue weighted by Crippen LogP contribution is 2.30. The Kier molecular flexibility index (Phi) is 4.94. The second-order valence-corrected chi connectivity index (χ2v) is 5.74. The van der Waals surface area contributed by atoms with E-state index in [9.17, 15) is 5.11 Å². The van der Waals surface area contributed by atoms with Gasteiger partial charge in [0.05, 0.1) is 11.0 Å². The van der Waals surface area contributed by atoms with Crippen LogP contribution in [0.2, 0.25) is 0 Å². The van der Waals surface area contributed by atoms with Gasteiger partial charge in [0, 0.05) is 12.1 Å². The molecule has 2 aromatic rings. The van der Waals surface area contributed by atoms with Crippen molar-refractivity contribution in [3.05, 3.63) is 65.2 Å². The molecule has 0 aliphatic carbocycles. The number of aromatic hydroxyl groups is 1. The molecule has 0 saturated carbocycles. The number of nitrogens with zero attached hydrogens (tertiary/aromatic N) is 1. The number of benzene rings is 2. The van der Waals surface area contributed by atoms with Crippen molar-refractivity contribution in [3.8, 4) is 5.75 Å². The molecule has 4 heteroatoms. The van der Waals surface area contributed by atoms with E-state index in [1.54, 1.807) is 6.07 Å². The fraction of sp³-hybridized carbons (Fsp3) is 0.235. The zero-order valence-electron chi connectivity index (χ0n) is 12.3. The molecule has 0 amide bonds. The van der Waals surface area contributed by atoms with Crippen LogP contribution in [-0.4, -0.2) is 22.0 Å². The van der Waals surface area contributed by atoms with Crippen molar-refractivity contribution in [1.29, 1.82) is 0 Å². The van der Waals surface area contributed by atoms with Crippen molar-refractivity contribution in [1.82, 2.24) is 4.90 Å². The molecule has 1 unspecified atom stereocenters. The molecule has 0 aliphatic rings. The number of likely N-dealkylation sites (N-methyl/N-ethyl adjacent to an activating group) is 1. The first-order valence-electron chi connectivity index (χ1n) is 6.82. The van der Waals surface area contributed by atoms with Crippen LogP contribution in [0.5, 0.6) is 5.75 Å². The number of phenols is 1. The molecule has 0 heterocycles. The summed E-state index contributed by atoms with van der Waals surface area (Å²) in [5.74, 6) is 0.221. The Hall–Kier alpha value is -1.91. The van der Waals surface area contributed by atoms with Gasteiger partial charge in [-0.3, -0.25) is 4.90 Å². The standard InChI is InChI=1S/C17H20N2OS/c1-12-8-9-15(20)14(10-12)16(17(18)21)19(2)11-13-6-4-3-5-7-13/h3-10,16,20H,11H2,1-2H3,(H2,18,21). The van der Waals surface area contributed by atoms with Crippen LogP contribution < -0.4 is 5.73 Å². The molecule has 2 rings (SSSR count). The molecule has 0 radical (unpaired) electrons. The Morgan fingerprint density at radius 3 is 2.52 bits per heavy atom. The van der Waals surface area contributed by atoms with E-state index in [-0.39, 0.29) is 11.8 Å². The van der Waals surface area contributed by atoms with Gasteiger partial charge in [-0.2, -0.15) is 0 Å². The Labute approximate surface area is 131 Å². The van der Waals surface area contributed by atoms with Gasteiger partial charge in [0.15, 0.2) is 0 Å². The highest BCUT2D eigenvalue weighted by molar-refractivity contribution is 7.80. The van der Waals surface area contributed by atoms with E-state index >= 15 is 0 Å². The first kappa shape index (κ1) is 15.5. The highest BCUT2D eigenvalue weighted by Gasteiger charge is 2.23. The Bertz CT molecular complexity index is 628. The van der Waals surface area contributed by atoms with Gasteiger partial charge >= 0.3 is 0 Å². The number of thiocarbonyl (C=S) groups is 1. The zero-order valence-corrected chi connectivity index (χ0v) is 13.1. The van der Waals surface area contributed by atoms with E-state index in [0.29, 0.717) is 11.5 Å². The average molecular weight is 300 g/mol. The quantitative estimate of drug-likeness (QED) is 0.833. The number of nitrogens with two attached hydrogens (primary N) is 1. The van der Waals surface area contributed by atoms with E-state index in [2.05, 4.69) is 12.1 Å².